The Bertz CT molecular complexity index is 323. The minimum Gasteiger partial charge on any atom is -0.298 e. The summed E-state index contributed by atoms with van der Waals surface area (Å²) in [5.41, 5.74) is 2.03. The minimum absolute atomic E-state index is 0.534. The first kappa shape index (κ1) is 7.49. The zero-order valence-electron chi connectivity index (χ0n) is 6.16. The van der Waals surface area contributed by atoms with Crippen molar-refractivity contribution in [3.8, 4) is 6.07 Å². The molecule has 0 atom stereocenters. The first-order chi connectivity index (χ1) is 5.26. The van der Waals surface area contributed by atoms with Crippen LogP contribution < -0.4 is 0 Å². The lowest BCUT2D eigenvalue weighted by molar-refractivity contribution is 0.112. The van der Waals surface area contributed by atoms with Crippen LogP contribution in [0.25, 0.3) is 0 Å². The Balaban J connectivity index is 3.25. The number of carbonyl (C=O) groups is 1. The fraction of sp³-hybridized carbons (Fsp3) is 0.111. The van der Waals surface area contributed by atoms with Gasteiger partial charge in [0.25, 0.3) is 0 Å². The molecule has 0 spiro atoms. The minimum atomic E-state index is 0.534. The van der Waals surface area contributed by atoms with Crippen LogP contribution in [0.5, 0.6) is 0 Å². The summed E-state index contributed by atoms with van der Waals surface area (Å²) in [6.45, 7) is 1.86. The molecule has 0 amide bonds. The molecule has 0 saturated heterocycles. The molecule has 0 N–H and O–H groups in total. The van der Waals surface area contributed by atoms with E-state index in [0.29, 0.717) is 11.1 Å². The van der Waals surface area contributed by atoms with Gasteiger partial charge in [-0.25, -0.2) is 0 Å². The molecule has 0 heterocycles. The second-order valence-electron chi connectivity index (χ2n) is 2.36. The van der Waals surface area contributed by atoms with Gasteiger partial charge in [-0.05, 0) is 30.7 Å². The Morgan fingerprint density at radius 1 is 1.45 bits per heavy atom. The molecule has 0 aliphatic heterocycles. The van der Waals surface area contributed by atoms with Gasteiger partial charge in [0.05, 0.1) is 11.6 Å². The Labute approximate surface area is 65.1 Å². The highest BCUT2D eigenvalue weighted by molar-refractivity contribution is 5.75. The fourth-order valence-electron chi connectivity index (χ4n) is 0.945. The van der Waals surface area contributed by atoms with Gasteiger partial charge in [0, 0.05) is 5.56 Å². The molecule has 0 aromatic heterocycles. The summed E-state index contributed by atoms with van der Waals surface area (Å²) < 4.78 is 0. The molecule has 0 bridgehead atoms. The third-order valence-corrected chi connectivity index (χ3v) is 1.36. The van der Waals surface area contributed by atoms with E-state index >= 15 is 0 Å². The summed E-state index contributed by atoms with van der Waals surface area (Å²) in [7, 11) is 0. The predicted molar refractivity (Wildman–Crippen MR) is 41.3 cm³/mol. The Hall–Kier alpha value is -1.62. The van der Waals surface area contributed by atoms with E-state index in [0.717, 1.165) is 11.8 Å². The van der Waals surface area contributed by atoms with Crippen LogP contribution in [0.1, 0.15) is 21.5 Å². The zero-order chi connectivity index (χ0) is 8.27. The highest BCUT2D eigenvalue weighted by atomic mass is 16.1. The average Bonchev–Trinajstić information content (AvgIpc) is 2.03. The van der Waals surface area contributed by atoms with E-state index in [2.05, 4.69) is 0 Å². The van der Waals surface area contributed by atoms with Crippen molar-refractivity contribution in [3.63, 3.8) is 0 Å². The van der Waals surface area contributed by atoms with E-state index in [1.54, 1.807) is 18.2 Å². The molecule has 1 rings (SSSR count). The molecule has 1 aromatic rings. The molecule has 0 radical (unpaired) electrons. The van der Waals surface area contributed by atoms with Crippen LogP contribution in [0.4, 0.5) is 0 Å². The molecule has 2 heteroatoms. The maximum Gasteiger partial charge on any atom is 0.150 e. The number of nitriles is 1. The number of aryl methyl sites for hydroxylation is 1. The molecule has 0 fully saturated rings. The van der Waals surface area contributed by atoms with Crippen LogP contribution in [0, 0.1) is 18.3 Å². The molecule has 0 saturated carbocycles. The van der Waals surface area contributed by atoms with Crippen molar-refractivity contribution in [3.05, 3.63) is 34.9 Å². The smallest absolute Gasteiger partial charge is 0.150 e. The fourth-order valence-corrected chi connectivity index (χ4v) is 0.945. The number of rotatable bonds is 1. The summed E-state index contributed by atoms with van der Waals surface area (Å²) in [6, 6.07) is 7.04. The van der Waals surface area contributed by atoms with Gasteiger partial charge in [0.15, 0.2) is 0 Å². The van der Waals surface area contributed by atoms with Gasteiger partial charge in [0.2, 0.25) is 0 Å². The van der Waals surface area contributed by atoms with Crippen LogP contribution in [-0.4, -0.2) is 6.29 Å². The van der Waals surface area contributed by atoms with Crippen molar-refractivity contribution in [2.45, 2.75) is 6.92 Å². The Morgan fingerprint density at radius 2 is 2.18 bits per heavy atom. The lowest BCUT2D eigenvalue weighted by Gasteiger charge is -1.94. The van der Waals surface area contributed by atoms with Crippen LogP contribution in [-0.2, 0) is 0 Å². The van der Waals surface area contributed by atoms with E-state index in [1.165, 1.54) is 0 Å². The normalized spacial score (nSPS) is 8.73. The van der Waals surface area contributed by atoms with E-state index in [1.807, 2.05) is 13.0 Å². The number of hydrogen-bond donors (Lipinski definition) is 0. The number of carbonyl (C=O) groups excluding carboxylic acids is 1. The summed E-state index contributed by atoms with van der Waals surface area (Å²) in [6.07, 6.45) is 0.744. The van der Waals surface area contributed by atoms with E-state index < -0.39 is 0 Å². The number of aldehydes is 1. The third kappa shape index (κ3) is 1.65. The van der Waals surface area contributed by atoms with Crippen molar-refractivity contribution in [2.75, 3.05) is 0 Å². The second kappa shape index (κ2) is 2.98. The largest absolute Gasteiger partial charge is 0.298 e. The number of nitrogens with zero attached hydrogens (tertiary/aromatic N) is 1. The lowest BCUT2D eigenvalue weighted by Crippen LogP contribution is -1.84. The van der Waals surface area contributed by atoms with Crippen LogP contribution in [0.3, 0.4) is 0 Å². The highest BCUT2D eigenvalue weighted by Crippen LogP contribution is 2.06. The summed E-state index contributed by atoms with van der Waals surface area (Å²) >= 11 is 0. The molecule has 1 aromatic carbocycles. The van der Waals surface area contributed by atoms with Crippen LogP contribution in [0.15, 0.2) is 18.2 Å². The van der Waals surface area contributed by atoms with Gasteiger partial charge < -0.3 is 0 Å². The molecular weight excluding hydrogens is 138 g/mol. The monoisotopic (exact) mass is 145 g/mol. The summed E-state index contributed by atoms with van der Waals surface area (Å²) in [5.74, 6) is 0. The summed E-state index contributed by atoms with van der Waals surface area (Å²) in [4.78, 5) is 10.3. The van der Waals surface area contributed by atoms with Crippen LogP contribution >= 0.6 is 0 Å². The zero-order valence-corrected chi connectivity index (χ0v) is 6.16. The van der Waals surface area contributed by atoms with Gasteiger partial charge in [-0.1, -0.05) is 0 Å². The first-order valence-corrected chi connectivity index (χ1v) is 3.23. The average molecular weight is 145 g/mol. The maximum absolute atomic E-state index is 10.3. The van der Waals surface area contributed by atoms with Crippen molar-refractivity contribution < 1.29 is 4.79 Å². The number of hydrogen-bond acceptors (Lipinski definition) is 2. The standard InChI is InChI=1S/C9H7NO/c1-7-2-8(5-10)4-9(3-7)6-11/h2-4,6H,1H3. The van der Waals surface area contributed by atoms with Gasteiger partial charge in [0.1, 0.15) is 6.29 Å². The highest BCUT2D eigenvalue weighted by Gasteiger charge is 1.95. The van der Waals surface area contributed by atoms with Gasteiger partial charge >= 0.3 is 0 Å². The molecular formula is C9H7NO. The molecule has 0 aliphatic carbocycles. The first-order valence-electron chi connectivity index (χ1n) is 3.23. The van der Waals surface area contributed by atoms with E-state index in [9.17, 15) is 4.79 Å². The third-order valence-electron chi connectivity index (χ3n) is 1.36. The van der Waals surface area contributed by atoms with E-state index in [-0.39, 0.29) is 0 Å². The predicted octanol–water partition coefficient (Wildman–Crippen LogP) is 1.68. The van der Waals surface area contributed by atoms with Gasteiger partial charge in [-0.3, -0.25) is 4.79 Å². The molecule has 0 unspecified atom stereocenters. The Kier molecular flexibility index (Phi) is 2.03. The molecule has 11 heavy (non-hydrogen) atoms. The quantitative estimate of drug-likeness (QED) is 0.564. The van der Waals surface area contributed by atoms with Crippen molar-refractivity contribution in [1.29, 1.82) is 5.26 Å². The van der Waals surface area contributed by atoms with Gasteiger partial charge in [-0.15, -0.1) is 0 Å². The lowest BCUT2D eigenvalue weighted by atomic mass is 10.1. The van der Waals surface area contributed by atoms with Crippen molar-refractivity contribution in [1.82, 2.24) is 0 Å². The van der Waals surface area contributed by atoms with Crippen molar-refractivity contribution >= 4 is 6.29 Å². The van der Waals surface area contributed by atoms with E-state index in [4.69, 9.17) is 5.26 Å². The Morgan fingerprint density at radius 3 is 2.73 bits per heavy atom. The molecule has 0 aliphatic rings. The van der Waals surface area contributed by atoms with Crippen molar-refractivity contribution in [2.24, 2.45) is 0 Å². The molecule has 54 valence electrons. The van der Waals surface area contributed by atoms with Gasteiger partial charge in [-0.2, -0.15) is 5.26 Å². The number of benzene rings is 1. The molecule has 2 nitrogen and oxygen atoms in total. The maximum atomic E-state index is 10.3. The summed E-state index contributed by atoms with van der Waals surface area (Å²) in [5, 5.41) is 8.52. The SMILES string of the molecule is Cc1cc(C#N)cc(C=O)c1. The topological polar surface area (TPSA) is 40.9 Å². The van der Waals surface area contributed by atoms with Crippen LogP contribution in [0.2, 0.25) is 0 Å². The second-order valence-corrected chi connectivity index (χ2v) is 2.36.